The van der Waals surface area contributed by atoms with Gasteiger partial charge in [-0.2, -0.15) is 4.31 Å². The van der Waals surface area contributed by atoms with Gasteiger partial charge in [0.2, 0.25) is 15.9 Å². The van der Waals surface area contributed by atoms with Gasteiger partial charge in [-0.05, 0) is 68.5 Å². The van der Waals surface area contributed by atoms with Crippen LogP contribution in [0.2, 0.25) is 0 Å². The molecule has 2 N–H and O–H groups in total. The Labute approximate surface area is 188 Å². The van der Waals surface area contributed by atoms with Gasteiger partial charge in [-0.15, -0.1) is 0 Å². The summed E-state index contributed by atoms with van der Waals surface area (Å²) in [4.78, 5) is 24.4. The Bertz CT molecular complexity index is 1160. The third-order valence-corrected chi connectivity index (χ3v) is 7.88. The van der Waals surface area contributed by atoms with Crippen molar-refractivity contribution in [2.24, 2.45) is 5.92 Å². The first-order valence-corrected chi connectivity index (χ1v) is 12.0. The third-order valence-electron chi connectivity index (χ3n) is 5.84. The van der Waals surface area contributed by atoms with E-state index in [1.807, 2.05) is 32.0 Å². The number of sulfonamides is 1. The Morgan fingerprint density at radius 3 is 2.38 bits per heavy atom. The monoisotopic (exact) mass is 457 g/mol. The van der Waals surface area contributed by atoms with Gasteiger partial charge in [0, 0.05) is 30.8 Å². The maximum absolute atomic E-state index is 13.3. The zero-order valence-corrected chi connectivity index (χ0v) is 19.2. The Morgan fingerprint density at radius 2 is 1.72 bits per heavy atom. The molecule has 2 aliphatic rings. The fourth-order valence-electron chi connectivity index (χ4n) is 4.28. The molecule has 0 aromatic heterocycles. The molecule has 0 aliphatic carbocycles. The number of carbonyl (C=O) groups excluding carboxylic acids is 2. The van der Waals surface area contributed by atoms with Crippen LogP contribution < -0.4 is 15.4 Å². The molecular weight excluding hydrogens is 430 g/mol. The van der Waals surface area contributed by atoms with Crippen LogP contribution in [0, 0.1) is 26.7 Å². The van der Waals surface area contributed by atoms with Gasteiger partial charge >= 0.3 is 0 Å². The van der Waals surface area contributed by atoms with Gasteiger partial charge in [0.15, 0.2) is 6.61 Å². The van der Waals surface area contributed by atoms with Gasteiger partial charge < -0.3 is 15.4 Å². The van der Waals surface area contributed by atoms with Crippen molar-refractivity contribution in [3.05, 3.63) is 47.0 Å². The van der Waals surface area contributed by atoms with Crippen molar-refractivity contribution in [2.75, 3.05) is 30.3 Å². The molecule has 1 saturated heterocycles. The van der Waals surface area contributed by atoms with Crippen molar-refractivity contribution in [3.63, 3.8) is 0 Å². The van der Waals surface area contributed by atoms with E-state index in [0.717, 1.165) is 16.8 Å². The molecule has 2 amide bonds. The van der Waals surface area contributed by atoms with Crippen molar-refractivity contribution >= 4 is 33.2 Å². The number of rotatable bonds is 4. The van der Waals surface area contributed by atoms with E-state index in [-0.39, 0.29) is 42.3 Å². The van der Waals surface area contributed by atoms with Crippen LogP contribution in [0.5, 0.6) is 5.75 Å². The van der Waals surface area contributed by atoms with Crippen molar-refractivity contribution in [2.45, 2.75) is 38.5 Å². The average Bonchev–Trinajstić information content (AvgIpc) is 2.72. The fourth-order valence-corrected chi connectivity index (χ4v) is 5.97. The number of amides is 2. The standard InChI is InChI=1S/C23H27N3O5S/c1-14-8-15(2)10-18(9-14)24-23(28)17-4-6-26(7-5-17)32(29,30)21-12-20-19(11-16(21)3)25-22(27)13-31-20/h8-12,17H,4-7,13H2,1-3H3,(H,24,28)(H,25,27). The molecular formula is C23H27N3O5S. The fraction of sp³-hybridized carbons (Fsp3) is 0.391. The molecule has 2 heterocycles. The predicted octanol–water partition coefficient (Wildman–Crippen LogP) is 2.98. The number of piperidine rings is 1. The highest BCUT2D eigenvalue weighted by molar-refractivity contribution is 7.89. The van der Waals surface area contributed by atoms with Crippen LogP contribution in [-0.2, 0) is 19.6 Å². The van der Waals surface area contributed by atoms with Crippen molar-refractivity contribution in [1.29, 1.82) is 0 Å². The smallest absolute Gasteiger partial charge is 0.262 e. The molecule has 0 unspecified atom stereocenters. The Hall–Kier alpha value is -2.91. The highest BCUT2D eigenvalue weighted by atomic mass is 32.2. The van der Waals surface area contributed by atoms with Gasteiger partial charge in [-0.3, -0.25) is 9.59 Å². The molecule has 2 aliphatic heterocycles. The lowest BCUT2D eigenvalue weighted by molar-refractivity contribution is -0.121. The molecule has 32 heavy (non-hydrogen) atoms. The zero-order chi connectivity index (χ0) is 23.0. The normalized spacial score (nSPS) is 17.3. The second-order valence-electron chi connectivity index (χ2n) is 8.49. The molecule has 1 fully saturated rings. The second kappa shape index (κ2) is 8.55. The predicted molar refractivity (Wildman–Crippen MR) is 121 cm³/mol. The number of nitrogens with zero attached hydrogens (tertiary/aromatic N) is 1. The molecule has 0 atom stereocenters. The highest BCUT2D eigenvalue weighted by Crippen LogP contribution is 2.35. The van der Waals surface area contributed by atoms with Gasteiger partial charge in [0.05, 0.1) is 10.6 Å². The number of hydrogen-bond donors (Lipinski definition) is 2. The van der Waals surface area contributed by atoms with Crippen molar-refractivity contribution in [3.8, 4) is 5.75 Å². The molecule has 9 heteroatoms. The summed E-state index contributed by atoms with van der Waals surface area (Å²) in [6.07, 6.45) is 0.902. The second-order valence-corrected chi connectivity index (χ2v) is 10.4. The molecule has 4 rings (SSSR count). The summed E-state index contributed by atoms with van der Waals surface area (Å²) < 4.78 is 33.4. The van der Waals surface area contributed by atoms with Crippen LogP contribution in [-0.4, -0.2) is 44.2 Å². The lowest BCUT2D eigenvalue weighted by atomic mass is 9.97. The summed E-state index contributed by atoms with van der Waals surface area (Å²) in [5.41, 5.74) is 3.92. The van der Waals surface area contributed by atoms with Crippen LogP contribution >= 0.6 is 0 Å². The summed E-state index contributed by atoms with van der Waals surface area (Å²) in [5.74, 6) is -0.253. The minimum absolute atomic E-state index is 0.0823. The Balaban J connectivity index is 1.44. The Morgan fingerprint density at radius 1 is 1.06 bits per heavy atom. The first-order chi connectivity index (χ1) is 15.1. The first-order valence-electron chi connectivity index (χ1n) is 10.6. The van der Waals surface area contributed by atoms with E-state index in [0.29, 0.717) is 29.8 Å². The van der Waals surface area contributed by atoms with Gasteiger partial charge in [0.1, 0.15) is 5.75 Å². The molecule has 0 bridgehead atoms. The minimum atomic E-state index is -3.75. The zero-order valence-electron chi connectivity index (χ0n) is 18.4. The van der Waals surface area contributed by atoms with E-state index < -0.39 is 10.0 Å². The molecule has 8 nitrogen and oxygen atoms in total. The van der Waals surface area contributed by atoms with Crippen molar-refractivity contribution < 1.29 is 22.7 Å². The highest BCUT2D eigenvalue weighted by Gasteiger charge is 2.34. The summed E-state index contributed by atoms with van der Waals surface area (Å²) in [6, 6.07) is 8.98. The number of benzene rings is 2. The number of carbonyl (C=O) groups is 2. The lowest BCUT2D eigenvalue weighted by Crippen LogP contribution is -2.41. The number of hydrogen-bond acceptors (Lipinski definition) is 5. The molecule has 0 radical (unpaired) electrons. The van der Waals surface area contributed by atoms with Crippen LogP contribution in [0.25, 0.3) is 0 Å². The van der Waals surface area contributed by atoms with E-state index >= 15 is 0 Å². The third kappa shape index (κ3) is 4.49. The number of aryl methyl sites for hydroxylation is 3. The lowest BCUT2D eigenvalue weighted by Gasteiger charge is -2.31. The maximum Gasteiger partial charge on any atom is 0.262 e. The number of nitrogens with one attached hydrogen (secondary N) is 2. The topological polar surface area (TPSA) is 105 Å². The first kappa shape index (κ1) is 22.3. The van der Waals surface area contributed by atoms with Crippen LogP contribution in [0.3, 0.4) is 0 Å². The molecule has 170 valence electrons. The van der Waals surface area contributed by atoms with Gasteiger partial charge in [-0.25, -0.2) is 8.42 Å². The van der Waals surface area contributed by atoms with E-state index in [1.54, 1.807) is 13.0 Å². The number of fused-ring (bicyclic) bond motifs is 1. The SMILES string of the molecule is Cc1cc(C)cc(NC(=O)C2CCN(S(=O)(=O)c3cc4c(cc3C)NC(=O)CO4)CC2)c1. The molecule has 0 saturated carbocycles. The van der Waals surface area contributed by atoms with Crippen LogP contribution in [0.1, 0.15) is 29.5 Å². The van der Waals surface area contributed by atoms with Crippen LogP contribution in [0.15, 0.2) is 35.2 Å². The summed E-state index contributed by atoms with van der Waals surface area (Å²) >= 11 is 0. The number of ether oxygens (including phenoxy) is 1. The van der Waals surface area contributed by atoms with Crippen molar-refractivity contribution in [1.82, 2.24) is 4.31 Å². The van der Waals surface area contributed by atoms with Gasteiger partial charge in [0.25, 0.3) is 5.91 Å². The largest absolute Gasteiger partial charge is 0.482 e. The number of anilines is 2. The maximum atomic E-state index is 13.3. The summed E-state index contributed by atoms with van der Waals surface area (Å²) in [7, 11) is -3.75. The van der Waals surface area contributed by atoms with E-state index in [1.165, 1.54) is 10.4 Å². The average molecular weight is 458 g/mol. The molecule has 0 spiro atoms. The van der Waals surface area contributed by atoms with E-state index in [9.17, 15) is 18.0 Å². The van der Waals surface area contributed by atoms with E-state index in [4.69, 9.17) is 4.74 Å². The van der Waals surface area contributed by atoms with Crippen LogP contribution in [0.4, 0.5) is 11.4 Å². The minimum Gasteiger partial charge on any atom is -0.482 e. The summed E-state index contributed by atoms with van der Waals surface area (Å²) in [6.45, 7) is 6.04. The molecule has 2 aromatic rings. The molecule has 2 aromatic carbocycles. The van der Waals surface area contributed by atoms with E-state index in [2.05, 4.69) is 10.6 Å². The quantitative estimate of drug-likeness (QED) is 0.734. The summed E-state index contributed by atoms with van der Waals surface area (Å²) in [5, 5.41) is 5.65. The Kier molecular flexibility index (Phi) is 5.96. The van der Waals surface area contributed by atoms with Gasteiger partial charge in [-0.1, -0.05) is 6.07 Å².